The molecule has 19 heavy (non-hydrogen) atoms. The van der Waals surface area contributed by atoms with Crippen LogP contribution in [-0.4, -0.2) is 26.1 Å². The maximum absolute atomic E-state index is 4.49. The van der Waals surface area contributed by atoms with Gasteiger partial charge in [0.2, 0.25) is 0 Å². The van der Waals surface area contributed by atoms with Crippen molar-refractivity contribution in [2.75, 3.05) is 6.54 Å². The number of nitrogens with zero attached hydrogens (tertiary/aromatic N) is 4. The molecule has 2 aromatic heterocycles. The molecule has 0 fully saturated rings. The van der Waals surface area contributed by atoms with Gasteiger partial charge in [-0.2, -0.15) is 10.2 Å². The second kappa shape index (κ2) is 6.34. The number of hydrogen-bond donors (Lipinski definition) is 1. The number of nitrogens with one attached hydrogen (secondary N) is 1. The third-order valence-corrected chi connectivity index (χ3v) is 4.13. The van der Waals surface area contributed by atoms with Crippen LogP contribution in [0.1, 0.15) is 23.9 Å². The van der Waals surface area contributed by atoms with E-state index in [4.69, 9.17) is 0 Å². The molecule has 0 aliphatic heterocycles. The van der Waals surface area contributed by atoms with Crippen molar-refractivity contribution in [2.45, 2.75) is 33.4 Å². The van der Waals surface area contributed by atoms with Crippen molar-refractivity contribution in [3.63, 3.8) is 0 Å². The number of aromatic nitrogens is 4. The standard InChI is InChI=1S/C13H20BrN5/c1-4-19-12(13(14)10(2)17-19)8-15-6-5-11-7-16-18(3)9-11/h7,9,15H,4-6,8H2,1-3H3. The van der Waals surface area contributed by atoms with Gasteiger partial charge in [-0.25, -0.2) is 0 Å². The summed E-state index contributed by atoms with van der Waals surface area (Å²) in [5, 5.41) is 12.1. The van der Waals surface area contributed by atoms with E-state index in [1.54, 1.807) is 0 Å². The van der Waals surface area contributed by atoms with Gasteiger partial charge in [-0.05, 0) is 48.3 Å². The lowest BCUT2D eigenvalue weighted by Gasteiger charge is -2.07. The molecule has 0 atom stereocenters. The Labute approximate surface area is 122 Å². The molecule has 0 amide bonds. The van der Waals surface area contributed by atoms with E-state index in [-0.39, 0.29) is 0 Å². The number of aryl methyl sites for hydroxylation is 3. The molecule has 0 unspecified atom stereocenters. The number of halogens is 1. The second-order valence-corrected chi connectivity index (χ2v) is 5.40. The van der Waals surface area contributed by atoms with E-state index in [9.17, 15) is 0 Å². The van der Waals surface area contributed by atoms with E-state index in [1.165, 1.54) is 11.3 Å². The Morgan fingerprint density at radius 3 is 2.84 bits per heavy atom. The number of rotatable bonds is 6. The zero-order chi connectivity index (χ0) is 13.8. The van der Waals surface area contributed by atoms with Gasteiger partial charge in [0.05, 0.1) is 22.1 Å². The summed E-state index contributed by atoms with van der Waals surface area (Å²) in [5.41, 5.74) is 3.52. The summed E-state index contributed by atoms with van der Waals surface area (Å²) in [4.78, 5) is 0. The normalized spacial score (nSPS) is 11.2. The lowest BCUT2D eigenvalue weighted by atomic mass is 10.2. The fraction of sp³-hybridized carbons (Fsp3) is 0.538. The first-order valence-electron chi connectivity index (χ1n) is 6.51. The predicted octanol–water partition coefficient (Wildman–Crippen LogP) is 2.04. The third kappa shape index (κ3) is 3.45. The monoisotopic (exact) mass is 325 g/mol. The fourth-order valence-electron chi connectivity index (χ4n) is 2.08. The van der Waals surface area contributed by atoms with Gasteiger partial charge in [-0.1, -0.05) is 0 Å². The van der Waals surface area contributed by atoms with Crippen LogP contribution in [0, 0.1) is 6.92 Å². The highest BCUT2D eigenvalue weighted by Crippen LogP contribution is 2.20. The third-order valence-electron chi connectivity index (χ3n) is 3.09. The Balaban J connectivity index is 1.85. The summed E-state index contributed by atoms with van der Waals surface area (Å²) in [6.45, 7) is 6.79. The average molecular weight is 326 g/mol. The van der Waals surface area contributed by atoms with Crippen LogP contribution in [0.4, 0.5) is 0 Å². The smallest absolute Gasteiger partial charge is 0.0739 e. The molecule has 0 aromatic carbocycles. The van der Waals surface area contributed by atoms with E-state index >= 15 is 0 Å². The van der Waals surface area contributed by atoms with Gasteiger partial charge in [0.1, 0.15) is 0 Å². The summed E-state index contributed by atoms with van der Waals surface area (Å²) < 4.78 is 4.99. The minimum absolute atomic E-state index is 0.829. The molecule has 0 spiro atoms. The second-order valence-electron chi connectivity index (χ2n) is 4.61. The van der Waals surface area contributed by atoms with E-state index < -0.39 is 0 Å². The highest BCUT2D eigenvalue weighted by Gasteiger charge is 2.11. The van der Waals surface area contributed by atoms with Gasteiger partial charge < -0.3 is 5.32 Å². The molecule has 2 aromatic rings. The molecular formula is C13H20BrN5. The van der Waals surface area contributed by atoms with Gasteiger partial charge in [-0.15, -0.1) is 0 Å². The highest BCUT2D eigenvalue weighted by molar-refractivity contribution is 9.10. The van der Waals surface area contributed by atoms with Crippen molar-refractivity contribution >= 4 is 15.9 Å². The van der Waals surface area contributed by atoms with Gasteiger partial charge in [0, 0.05) is 26.3 Å². The quantitative estimate of drug-likeness (QED) is 0.827. The van der Waals surface area contributed by atoms with E-state index in [0.717, 1.165) is 36.2 Å². The van der Waals surface area contributed by atoms with Gasteiger partial charge in [0.15, 0.2) is 0 Å². The molecule has 0 aliphatic carbocycles. The molecule has 6 heteroatoms. The minimum atomic E-state index is 0.829. The van der Waals surface area contributed by atoms with Crippen molar-refractivity contribution in [1.82, 2.24) is 24.9 Å². The molecule has 104 valence electrons. The maximum Gasteiger partial charge on any atom is 0.0739 e. The SMILES string of the molecule is CCn1nc(C)c(Br)c1CNCCc1cnn(C)c1. The van der Waals surface area contributed by atoms with Crippen molar-refractivity contribution in [3.8, 4) is 0 Å². The Bertz CT molecular complexity index is 543. The van der Waals surface area contributed by atoms with Crippen LogP contribution in [0.3, 0.4) is 0 Å². The topological polar surface area (TPSA) is 47.7 Å². The van der Waals surface area contributed by atoms with Gasteiger partial charge in [0.25, 0.3) is 0 Å². The molecule has 2 rings (SSSR count). The zero-order valence-electron chi connectivity index (χ0n) is 11.6. The van der Waals surface area contributed by atoms with Crippen LogP contribution < -0.4 is 5.32 Å². The summed E-state index contributed by atoms with van der Waals surface area (Å²) in [6.07, 6.45) is 4.96. The van der Waals surface area contributed by atoms with Crippen molar-refractivity contribution in [3.05, 3.63) is 33.8 Å². The molecule has 0 saturated heterocycles. The first kappa shape index (κ1) is 14.3. The van der Waals surface area contributed by atoms with Crippen LogP contribution in [0.5, 0.6) is 0 Å². The molecule has 5 nitrogen and oxygen atoms in total. The van der Waals surface area contributed by atoms with Crippen molar-refractivity contribution in [1.29, 1.82) is 0 Å². The maximum atomic E-state index is 4.49. The largest absolute Gasteiger partial charge is 0.311 e. The summed E-state index contributed by atoms with van der Waals surface area (Å²) in [6, 6.07) is 0. The average Bonchev–Trinajstić information content (AvgIpc) is 2.92. The molecular weight excluding hydrogens is 306 g/mol. The molecule has 0 radical (unpaired) electrons. The lowest BCUT2D eigenvalue weighted by Crippen LogP contribution is -2.19. The number of hydrogen-bond acceptors (Lipinski definition) is 3. The molecule has 0 bridgehead atoms. The lowest BCUT2D eigenvalue weighted by molar-refractivity contribution is 0.579. The van der Waals surface area contributed by atoms with Crippen LogP contribution >= 0.6 is 15.9 Å². The van der Waals surface area contributed by atoms with E-state index in [0.29, 0.717) is 0 Å². The van der Waals surface area contributed by atoms with Crippen molar-refractivity contribution < 1.29 is 0 Å². The first-order valence-corrected chi connectivity index (χ1v) is 7.31. The minimum Gasteiger partial charge on any atom is -0.311 e. The molecule has 2 heterocycles. The predicted molar refractivity (Wildman–Crippen MR) is 79.0 cm³/mol. The van der Waals surface area contributed by atoms with Crippen LogP contribution in [0.25, 0.3) is 0 Å². The summed E-state index contributed by atoms with van der Waals surface area (Å²) in [5.74, 6) is 0. The highest BCUT2D eigenvalue weighted by atomic mass is 79.9. The Hall–Kier alpha value is -1.14. The molecule has 0 saturated carbocycles. The van der Waals surface area contributed by atoms with Crippen LogP contribution in [0.2, 0.25) is 0 Å². The Kier molecular flexibility index (Phi) is 4.76. The van der Waals surface area contributed by atoms with Gasteiger partial charge in [-0.3, -0.25) is 9.36 Å². The van der Waals surface area contributed by atoms with Crippen LogP contribution in [-0.2, 0) is 26.6 Å². The van der Waals surface area contributed by atoms with E-state index in [2.05, 4.69) is 44.6 Å². The van der Waals surface area contributed by atoms with Crippen molar-refractivity contribution in [2.24, 2.45) is 7.05 Å². The summed E-state index contributed by atoms with van der Waals surface area (Å²) >= 11 is 3.61. The fourth-order valence-corrected chi connectivity index (χ4v) is 2.50. The van der Waals surface area contributed by atoms with Gasteiger partial charge >= 0.3 is 0 Å². The Morgan fingerprint density at radius 1 is 1.42 bits per heavy atom. The molecule has 1 N–H and O–H groups in total. The zero-order valence-corrected chi connectivity index (χ0v) is 13.2. The van der Waals surface area contributed by atoms with E-state index in [1.807, 2.05) is 29.5 Å². The van der Waals surface area contributed by atoms with Crippen LogP contribution in [0.15, 0.2) is 16.9 Å². The molecule has 0 aliphatic rings. The first-order chi connectivity index (χ1) is 9.11. The summed E-state index contributed by atoms with van der Waals surface area (Å²) in [7, 11) is 1.94. The Morgan fingerprint density at radius 2 is 2.21 bits per heavy atom.